The molecule has 5 nitrogen and oxygen atoms in total. The average molecular weight is 279 g/mol. The Kier molecular flexibility index (Phi) is 3.09. The van der Waals surface area contributed by atoms with Crippen molar-refractivity contribution in [1.29, 1.82) is 0 Å². The van der Waals surface area contributed by atoms with E-state index in [1.54, 1.807) is 0 Å². The fraction of sp³-hybridized carbons (Fsp3) is 0.400. The molecule has 0 aromatic heterocycles. The molecule has 0 spiro atoms. The van der Waals surface area contributed by atoms with Crippen molar-refractivity contribution in [1.82, 2.24) is 0 Å². The van der Waals surface area contributed by atoms with Crippen LogP contribution >= 0.6 is 10.7 Å². The van der Waals surface area contributed by atoms with Crippen molar-refractivity contribution >= 4 is 19.7 Å². The van der Waals surface area contributed by atoms with Crippen LogP contribution in [0.25, 0.3) is 0 Å². The van der Waals surface area contributed by atoms with Gasteiger partial charge in [-0.1, -0.05) is 0 Å². The predicted molar refractivity (Wildman–Crippen MR) is 61.8 cm³/mol. The summed E-state index contributed by atoms with van der Waals surface area (Å²) in [5.41, 5.74) is 0.701. The predicted octanol–water partition coefficient (Wildman–Crippen LogP) is 1.57. The maximum atomic E-state index is 11.6. The van der Waals surface area contributed by atoms with Crippen molar-refractivity contribution in [3.63, 3.8) is 0 Å². The third-order valence-electron chi connectivity index (χ3n) is 2.54. The second-order valence-electron chi connectivity index (χ2n) is 3.45. The quantitative estimate of drug-likeness (QED) is 0.786. The third-order valence-corrected chi connectivity index (χ3v) is 3.88. The smallest absolute Gasteiger partial charge is 0.268 e. The Labute approximate surface area is 104 Å². The molecule has 1 aromatic carbocycles. The van der Waals surface area contributed by atoms with Gasteiger partial charge in [-0.25, -0.2) is 8.42 Å². The summed E-state index contributed by atoms with van der Waals surface area (Å²) in [6, 6.07) is 1.51. The summed E-state index contributed by atoms with van der Waals surface area (Å²) < 4.78 is 38.6. The van der Waals surface area contributed by atoms with E-state index in [1.165, 1.54) is 20.3 Å². The Morgan fingerprint density at radius 3 is 2.59 bits per heavy atom. The van der Waals surface area contributed by atoms with E-state index in [2.05, 4.69) is 0 Å². The zero-order valence-corrected chi connectivity index (χ0v) is 10.9. The molecule has 7 heteroatoms. The molecule has 1 aromatic rings. The van der Waals surface area contributed by atoms with Crippen LogP contribution in [0.2, 0.25) is 0 Å². The summed E-state index contributed by atoms with van der Waals surface area (Å²) in [6.45, 7) is 0.487. The van der Waals surface area contributed by atoms with Gasteiger partial charge < -0.3 is 14.2 Å². The minimum Gasteiger partial charge on any atom is -0.495 e. The van der Waals surface area contributed by atoms with Gasteiger partial charge in [-0.15, -0.1) is 0 Å². The summed E-state index contributed by atoms with van der Waals surface area (Å²) in [6.07, 6.45) is 0.585. The highest BCUT2D eigenvalue weighted by molar-refractivity contribution is 8.14. The van der Waals surface area contributed by atoms with Gasteiger partial charge in [0, 0.05) is 28.7 Å². The molecule has 0 N–H and O–H groups in total. The van der Waals surface area contributed by atoms with E-state index in [0.29, 0.717) is 24.3 Å². The van der Waals surface area contributed by atoms with E-state index < -0.39 is 9.05 Å². The van der Waals surface area contributed by atoms with Crippen LogP contribution < -0.4 is 14.2 Å². The molecule has 2 rings (SSSR count). The molecule has 0 radical (unpaired) electrons. The fourth-order valence-electron chi connectivity index (χ4n) is 1.86. The number of ether oxygens (including phenoxy) is 3. The van der Waals surface area contributed by atoms with Crippen LogP contribution in [0.1, 0.15) is 5.56 Å². The molecular formula is C10H11ClO5S. The molecule has 1 aliphatic rings. The molecule has 0 unspecified atom stereocenters. The van der Waals surface area contributed by atoms with E-state index in [4.69, 9.17) is 24.9 Å². The molecule has 0 saturated heterocycles. The molecule has 1 aliphatic heterocycles. The number of benzene rings is 1. The van der Waals surface area contributed by atoms with E-state index in [0.717, 1.165) is 0 Å². The highest BCUT2D eigenvalue weighted by atomic mass is 35.7. The Morgan fingerprint density at radius 2 is 2.06 bits per heavy atom. The van der Waals surface area contributed by atoms with Gasteiger partial charge in [-0.2, -0.15) is 0 Å². The van der Waals surface area contributed by atoms with Gasteiger partial charge in [0.2, 0.25) is 0 Å². The first kappa shape index (κ1) is 12.3. The number of hydrogen-bond acceptors (Lipinski definition) is 5. The Bertz CT molecular complexity index is 552. The topological polar surface area (TPSA) is 61.8 Å². The zero-order chi connectivity index (χ0) is 12.6. The molecule has 0 atom stereocenters. The van der Waals surface area contributed by atoms with E-state index in [1.807, 2.05) is 0 Å². The van der Waals surface area contributed by atoms with Crippen molar-refractivity contribution in [3.05, 3.63) is 11.6 Å². The summed E-state index contributed by atoms with van der Waals surface area (Å²) >= 11 is 0. The molecule has 0 aliphatic carbocycles. The van der Waals surface area contributed by atoms with Gasteiger partial charge in [0.15, 0.2) is 4.90 Å². The molecule has 0 bridgehead atoms. The molecular weight excluding hydrogens is 268 g/mol. The first-order chi connectivity index (χ1) is 7.99. The third kappa shape index (κ3) is 2.02. The molecule has 94 valence electrons. The molecule has 17 heavy (non-hydrogen) atoms. The Morgan fingerprint density at radius 1 is 1.35 bits per heavy atom. The van der Waals surface area contributed by atoms with Crippen LogP contribution in [0.5, 0.6) is 17.2 Å². The van der Waals surface area contributed by atoms with Crippen molar-refractivity contribution in [2.45, 2.75) is 11.3 Å². The largest absolute Gasteiger partial charge is 0.495 e. The minimum atomic E-state index is -3.94. The lowest BCUT2D eigenvalue weighted by atomic mass is 10.1. The van der Waals surface area contributed by atoms with Crippen LogP contribution in [-0.2, 0) is 15.5 Å². The minimum absolute atomic E-state index is 0.123. The average Bonchev–Trinajstić information content (AvgIpc) is 2.72. The van der Waals surface area contributed by atoms with Gasteiger partial charge in [-0.3, -0.25) is 0 Å². The van der Waals surface area contributed by atoms with Crippen molar-refractivity contribution in [2.24, 2.45) is 0 Å². The lowest BCUT2D eigenvalue weighted by molar-refractivity contribution is 0.348. The summed E-state index contributed by atoms with van der Waals surface area (Å²) in [5, 5.41) is 0. The van der Waals surface area contributed by atoms with Gasteiger partial charge in [0.1, 0.15) is 17.2 Å². The molecule has 0 fully saturated rings. The van der Waals surface area contributed by atoms with E-state index in [-0.39, 0.29) is 16.4 Å². The molecule has 0 saturated carbocycles. The monoisotopic (exact) mass is 278 g/mol. The second kappa shape index (κ2) is 4.27. The fourth-order valence-corrected chi connectivity index (χ4v) is 3.11. The number of methoxy groups -OCH3 is 2. The number of halogens is 1. The zero-order valence-electron chi connectivity index (χ0n) is 9.32. The van der Waals surface area contributed by atoms with E-state index in [9.17, 15) is 8.42 Å². The first-order valence-corrected chi connectivity index (χ1v) is 7.15. The standard InChI is InChI=1S/C10H11ClO5S/c1-14-8-5-7-6(3-4-16-7)9(15-2)10(8)17(11,12)13/h5H,3-4H2,1-2H3. The van der Waals surface area contributed by atoms with Crippen molar-refractivity contribution in [2.75, 3.05) is 20.8 Å². The van der Waals surface area contributed by atoms with E-state index >= 15 is 0 Å². The second-order valence-corrected chi connectivity index (χ2v) is 5.96. The summed E-state index contributed by atoms with van der Waals surface area (Å²) in [5.74, 6) is 0.895. The van der Waals surface area contributed by atoms with Crippen LogP contribution in [0, 0.1) is 0 Å². The van der Waals surface area contributed by atoms with Gasteiger partial charge in [0.05, 0.1) is 20.8 Å². The molecule has 0 amide bonds. The van der Waals surface area contributed by atoms with Crippen LogP contribution in [-0.4, -0.2) is 29.2 Å². The highest BCUT2D eigenvalue weighted by Crippen LogP contribution is 2.45. The van der Waals surface area contributed by atoms with Gasteiger partial charge >= 0.3 is 0 Å². The normalized spacial score (nSPS) is 14.1. The lowest BCUT2D eigenvalue weighted by Crippen LogP contribution is -2.02. The van der Waals surface area contributed by atoms with Gasteiger partial charge in [-0.05, 0) is 0 Å². The van der Waals surface area contributed by atoms with Crippen molar-refractivity contribution < 1.29 is 22.6 Å². The van der Waals surface area contributed by atoms with Gasteiger partial charge in [0.25, 0.3) is 9.05 Å². The van der Waals surface area contributed by atoms with Crippen molar-refractivity contribution in [3.8, 4) is 17.2 Å². The number of fused-ring (bicyclic) bond motifs is 1. The summed E-state index contributed by atoms with van der Waals surface area (Å²) in [4.78, 5) is -0.145. The number of hydrogen-bond donors (Lipinski definition) is 0. The van der Waals surface area contributed by atoms with Crippen LogP contribution in [0.15, 0.2) is 11.0 Å². The Hall–Kier alpha value is -1.14. The first-order valence-electron chi connectivity index (χ1n) is 4.84. The number of rotatable bonds is 3. The lowest BCUT2D eigenvalue weighted by Gasteiger charge is -2.13. The summed E-state index contributed by atoms with van der Waals surface area (Å²) in [7, 11) is 4.21. The van der Waals surface area contributed by atoms with Crippen LogP contribution in [0.4, 0.5) is 0 Å². The maximum absolute atomic E-state index is 11.6. The van der Waals surface area contributed by atoms with Crippen LogP contribution in [0.3, 0.4) is 0 Å². The Balaban J connectivity index is 2.80. The maximum Gasteiger partial charge on any atom is 0.268 e. The molecule has 1 heterocycles. The SMILES string of the molecule is COc1cc2c(c(OC)c1S(=O)(=O)Cl)CCO2. The highest BCUT2D eigenvalue weighted by Gasteiger charge is 2.30.